The number of hydrogen-bond acceptors (Lipinski definition) is 5. The Morgan fingerprint density at radius 3 is 2.50 bits per heavy atom. The molecule has 7 heteroatoms. The first-order valence-electron chi connectivity index (χ1n) is 10.7. The Balaban J connectivity index is 1.68. The molecule has 0 saturated heterocycles. The van der Waals surface area contributed by atoms with Gasteiger partial charge in [-0.25, -0.2) is 4.39 Å². The van der Waals surface area contributed by atoms with Crippen LogP contribution in [0.1, 0.15) is 35.6 Å². The van der Waals surface area contributed by atoms with Crippen molar-refractivity contribution >= 4 is 23.1 Å². The number of rotatable bonds is 7. The normalized spacial score (nSPS) is 13.7. The van der Waals surface area contributed by atoms with Crippen LogP contribution in [-0.2, 0) is 11.3 Å². The Labute approximate surface area is 197 Å². The lowest BCUT2D eigenvalue weighted by atomic mass is 10.00. The van der Waals surface area contributed by atoms with Crippen LogP contribution in [0.15, 0.2) is 60.4 Å². The molecule has 34 heavy (non-hydrogen) atoms. The summed E-state index contributed by atoms with van der Waals surface area (Å²) < 4.78 is 24.7. The number of nitrogens with zero attached hydrogens (tertiary/aromatic N) is 1. The van der Waals surface area contributed by atoms with Crippen molar-refractivity contribution in [3.63, 3.8) is 0 Å². The molecule has 0 aliphatic heterocycles. The van der Waals surface area contributed by atoms with Gasteiger partial charge in [-0.3, -0.25) is 9.78 Å². The van der Waals surface area contributed by atoms with Gasteiger partial charge in [-0.1, -0.05) is 12.1 Å². The average Bonchev–Trinajstić information content (AvgIpc) is 3.09. The number of benzene rings is 2. The van der Waals surface area contributed by atoms with Crippen LogP contribution < -0.4 is 14.8 Å². The molecule has 1 aromatic heterocycles. The van der Waals surface area contributed by atoms with Crippen LogP contribution in [0.3, 0.4) is 0 Å². The second-order valence-corrected chi connectivity index (χ2v) is 7.94. The van der Waals surface area contributed by atoms with Crippen molar-refractivity contribution in [1.82, 2.24) is 10.3 Å². The number of fused-ring (bicyclic) bond motifs is 1. The molecule has 0 fully saturated rings. The zero-order chi connectivity index (χ0) is 24.2. The van der Waals surface area contributed by atoms with Gasteiger partial charge in [0.25, 0.3) is 0 Å². The van der Waals surface area contributed by atoms with E-state index in [1.807, 2.05) is 25.1 Å². The predicted octanol–water partition coefficient (Wildman–Crippen LogP) is 4.98. The number of methoxy groups -OCH3 is 2. The van der Waals surface area contributed by atoms with Gasteiger partial charge >= 0.3 is 0 Å². The zero-order valence-electron chi connectivity index (χ0n) is 19.2. The summed E-state index contributed by atoms with van der Waals surface area (Å²) in [7, 11) is 2.93. The van der Waals surface area contributed by atoms with E-state index >= 15 is 0 Å². The van der Waals surface area contributed by atoms with Crippen molar-refractivity contribution < 1.29 is 23.8 Å². The molecule has 0 radical (unpaired) electrons. The van der Waals surface area contributed by atoms with E-state index in [1.54, 1.807) is 30.6 Å². The average molecular weight is 461 g/mol. The van der Waals surface area contributed by atoms with E-state index in [9.17, 15) is 14.3 Å². The first-order valence-corrected chi connectivity index (χ1v) is 10.7. The quantitative estimate of drug-likeness (QED) is 0.520. The molecule has 2 aromatic carbocycles. The third-order valence-corrected chi connectivity index (χ3v) is 5.82. The molecule has 4 rings (SSSR count). The van der Waals surface area contributed by atoms with Crippen molar-refractivity contribution in [2.45, 2.75) is 19.9 Å². The van der Waals surface area contributed by atoms with E-state index in [0.29, 0.717) is 12.1 Å². The molecule has 0 spiro atoms. The minimum Gasteiger partial charge on any atom is -0.502 e. The van der Waals surface area contributed by atoms with Gasteiger partial charge in [0.1, 0.15) is 5.82 Å². The number of phenols is 1. The number of nitrogens with one attached hydrogen (secondary N) is 1. The van der Waals surface area contributed by atoms with Crippen LogP contribution >= 0.6 is 0 Å². The van der Waals surface area contributed by atoms with Crippen LogP contribution in [0.4, 0.5) is 4.39 Å². The van der Waals surface area contributed by atoms with Crippen molar-refractivity contribution in [2.75, 3.05) is 14.2 Å². The van der Waals surface area contributed by atoms with Gasteiger partial charge < -0.3 is 19.9 Å². The van der Waals surface area contributed by atoms with Gasteiger partial charge in [0.15, 0.2) is 11.5 Å². The summed E-state index contributed by atoms with van der Waals surface area (Å²) in [4.78, 5) is 16.8. The van der Waals surface area contributed by atoms with Gasteiger partial charge in [-0.2, -0.15) is 0 Å². The number of carbonyl (C=O) groups is 1. The molecule has 6 nitrogen and oxygen atoms in total. The number of allylic oxidation sites excluding steroid dienone is 2. The molecule has 1 heterocycles. The molecular formula is C27H25FN2O4. The first-order chi connectivity index (χ1) is 16.4. The molecule has 1 amide bonds. The van der Waals surface area contributed by atoms with Crippen LogP contribution in [0.25, 0.3) is 17.2 Å². The summed E-state index contributed by atoms with van der Waals surface area (Å²) in [5.41, 5.74) is 5.66. The van der Waals surface area contributed by atoms with Gasteiger partial charge in [0.2, 0.25) is 11.7 Å². The molecule has 1 aliphatic rings. The Morgan fingerprint density at radius 2 is 1.85 bits per heavy atom. The van der Waals surface area contributed by atoms with Gasteiger partial charge in [-0.15, -0.1) is 0 Å². The number of phenolic OH excluding ortho intramolecular Hbond substituents is 1. The van der Waals surface area contributed by atoms with E-state index in [-0.39, 0.29) is 35.4 Å². The summed E-state index contributed by atoms with van der Waals surface area (Å²) in [5.74, 6) is -0.0590. The number of amides is 1. The number of halogens is 1. The number of carbonyl (C=O) groups excluding carboxylic acids is 1. The smallest absolute Gasteiger partial charge is 0.224 e. The molecule has 0 saturated carbocycles. The third kappa shape index (κ3) is 4.64. The van der Waals surface area contributed by atoms with Gasteiger partial charge in [-0.05, 0) is 82.3 Å². The predicted molar refractivity (Wildman–Crippen MR) is 129 cm³/mol. The van der Waals surface area contributed by atoms with Gasteiger partial charge in [0, 0.05) is 18.9 Å². The second-order valence-electron chi connectivity index (χ2n) is 7.94. The second kappa shape index (κ2) is 9.79. The van der Waals surface area contributed by atoms with E-state index in [2.05, 4.69) is 10.3 Å². The number of aromatic hydroxyl groups is 1. The molecule has 174 valence electrons. The minimum absolute atomic E-state index is 0.0840. The fourth-order valence-corrected chi connectivity index (χ4v) is 4.07. The molecule has 0 unspecified atom stereocenters. The molecule has 0 atom stereocenters. The minimum atomic E-state index is -0.367. The SMILES string of the molecule is COc1cc(C=C2C(C)=C(CC(=O)NCc3cccnc3)c3cc(F)ccc32)cc(OC)c1O. The van der Waals surface area contributed by atoms with Gasteiger partial charge in [0.05, 0.1) is 20.6 Å². The number of hydrogen-bond donors (Lipinski definition) is 2. The molecular weight excluding hydrogens is 435 g/mol. The lowest BCUT2D eigenvalue weighted by Gasteiger charge is -2.11. The maximum Gasteiger partial charge on any atom is 0.224 e. The number of aromatic nitrogens is 1. The van der Waals surface area contributed by atoms with Crippen molar-refractivity contribution in [2.24, 2.45) is 0 Å². The Hall–Kier alpha value is -4.13. The standard InChI is InChI=1S/C27H25FN2O4/c1-16-21(9-18-10-24(33-2)27(32)25(11-18)34-3)20-7-6-19(28)12-23(20)22(16)13-26(31)30-15-17-5-4-8-29-14-17/h4-12,14,32H,13,15H2,1-3H3,(H,30,31). The highest BCUT2D eigenvalue weighted by Crippen LogP contribution is 2.45. The number of pyridine rings is 1. The molecule has 1 aliphatic carbocycles. The Kier molecular flexibility index (Phi) is 6.63. The van der Waals surface area contributed by atoms with Crippen LogP contribution in [-0.4, -0.2) is 30.2 Å². The van der Waals surface area contributed by atoms with Crippen molar-refractivity contribution in [3.05, 3.63) is 88.5 Å². The highest BCUT2D eigenvalue weighted by Gasteiger charge is 2.26. The van der Waals surface area contributed by atoms with E-state index in [4.69, 9.17) is 9.47 Å². The third-order valence-electron chi connectivity index (χ3n) is 5.82. The maximum atomic E-state index is 14.2. The fourth-order valence-electron chi connectivity index (χ4n) is 4.07. The highest BCUT2D eigenvalue weighted by atomic mass is 19.1. The lowest BCUT2D eigenvalue weighted by Crippen LogP contribution is -2.22. The summed E-state index contributed by atoms with van der Waals surface area (Å²) in [6.45, 7) is 2.28. The molecule has 0 bridgehead atoms. The molecule has 3 aromatic rings. The lowest BCUT2D eigenvalue weighted by molar-refractivity contribution is -0.120. The summed E-state index contributed by atoms with van der Waals surface area (Å²) in [5, 5.41) is 13.1. The van der Waals surface area contributed by atoms with Crippen LogP contribution in [0, 0.1) is 5.82 Å². The summed E-state index contributed by atoms with van der Waals surface area (Å²) in [6.07, 6.45) is 5.40. The Bertz CT molecular complexity index is 1270. The van der Waals surface area contributed by atoms with E-state index in [1.165, 1.54) is 26.4 Å². The van der Waals surface area contributed by atoms with Crippen LogP contribution in [0.5, 0.6) is 17.2 Å². The molecule has 2 N–H and O–H groups in total. The first kappa shape index (κ1) is 23.0. The summed E-state index contributed by atoms with van der Waals surface area (Å²) in [6, 6.07) is 11.7. The zero-order valence-corrected chi connectivity index (χ0v) is 19.2. The Morgan fingerprint density at radius 1 is 1.12 bits per heavy atom. The largest absolute Gasteiger partial charge is 0.502 e. The van der Waals surface area contributed by atoms with Crippen molar-refractivity contribution in [1.29, 1.82) is 0 Å². The summed E-state index contributed by atoms with van der Waals surface area (Å²) >= 11 is 0. The topological polar surface area (TPSA) is 80.7 Å². The fraction of sp³-hybridized carbons (Fsp3) is 0.185. The van der Waals surface area contributed by atoms with Crippen molar-refractivity contribution in [3.8, 4) is 17.2 Å². The number of ether oxygens (including phenoxy) is 2. The van der Waals surface area contributed by atoms with E-state index in [0.717, 1.165) is 33.4 Å². The maximum absolute atomic E-state index is 14.2. The highest BCUT2D eigenvalue weighted by molar-refractivity contribution is 6.08. The van der Waals surface area contributed by atoms with E-state index < -0.39 is 0 Å². The van der Waals surface area contributed by atoms with Crippen LogP contribution in [0.2, 0.25) is 0 Å². The monoisotopic (exact) mass is 460 g/mol.